The molecule has 0 aliphatic heterocycles. The Balaban J connectivity index is 3.67. The van der Waals surface area contributed by atoms with Crippen LogP contribution in [0.4, 0.5) is 0 Å². The molecule has 0 radical (unpaired) electrons. The lowest BCUT2D eigenvalue weighted by atomic mass is 10.3. The van der Waals surface area contributed by atoms with Gasteiger partial charge in [0.15, 0.2) is 0 Å². The van der Waals surface area contributed by atoms with Gasteiger partial charge in [0.05, 0.1) is 0 Å². The van der Waals surface area contributed by atoms with Gasteiger partial charge in [0.25, 0.3) is 0 Å². The van der Waals surface area contributed by atoms with Crippen LogP contribution in [0.1, 0.15) is 19.8 Å². The number of rotatable bonds is 5. The van der Waals surface area contributed by atoms with Crippen molar-refractivity contribution in [3.63, 3.8) is 0 Å². The molecular formula is C8H14O3. The maximum atomic E-state index is 10.6. The van der Waals surface area contributed by atoms with E-state index in [1.165, 1.54) is 7.11 Å². The van der Waals surface area contributed by atoms with Crippen LogP contribution in [0.15, 0.2) is 12.7 Å². The summed E-state index contributed by atoms with van der Waals surface area (Å²) >= 11 is 0. The summed E-state index contributed by atoms with van der Waals surface area (Å²) < 4.78 is 9.68. The average molecular weight is 158 g/mol. The molecule has 0 saturated heterocycles. The van der Waals surface area contributed by atoms with E-state index in [2.05, 4.69) is 6.58 Å². The fraction of sp³-hybridized carbons (Fsp3) is 0.625. The molecule has 0 spiro atoms. The molecule has 1 atom stereocenters. The van der Waals surface area contributed by atoms with Crippen molar-refractivity contribution in [1.29, 1.82) is 0 Å². The molecule has 0 aliphatic rings. The molecule has 64 valence electrons. The number of hydrogen-bond donors (Lipinski definition) is 0. The Morgan fingerprint density at radius 1 is 1.73 bits per heavy atom. The van der Waals surface area contributed by atoms with Crippen molar-refractivity contribution in [1.82, 2.24) is 0 Å². The second kappa shape index (κ2) is 5.92. The van der Waals surface area contributed by atoms with Gasteiger partial charge in [-0.05, 0) is 0 Å². The van der Waals surface area contributed by atoms with Gasteiger partial charge in [-0.1, -0.05) is 19.9 Å². The maximum absolute atomic E-state index is 10.6. The van der Waals surface area contributed by atoms with E-state index in [-0.39, 0.29) is 0 Å². The molecule has 0 aromatic rings. The van der Waals surface area contributed by atoms with Crippen LogP contribution in [0.5, 0.6) is 0 Å². The number of carbonyl (C=O) groups is 1. The quantitative estimate of drug-likeness (QED) is 0.345. The van der Waals surface area contributed by atoms with Gasteiger partial charge in [0.1, 0.15) is 0 Å². The second-order valence-corrected chi connectivity index (χ2v) is 2.09. The van der Waals surface area contributed by atoms with E-state index in [0.29, 0.717) is 0 Å². The summed E-state index contributed by atoms with van der Waals surface area (Å²) in [5.74, 6) is -0.440. The molecule has 11 heavy (non-hydrogen) atoms. The monoisotopic (exact) mass is 158 g/mol. The summed E-state index contributed by atoms with van der Waals surface area (Å²) in [4.78, 5) is 10.6. The van der Waals surface area contributed by atoms with Crippen molar-refractivity contribution in [2.45, 2.75) is 26.1 Å². The third kappa shape index (κ3) is 4.56. The summed E-state index contributed by atoms with van der Waals surface area (Å²) in [6, 6.07) is 0. The van der Waals surface area contributed by atoms with E-state index in [9.17, 15) is 4.79 Å². The molecule has 1 unspecified atom stereocenters. The predicted octanol–water partition coefficient (Wildman–Crippen LogP) is 1.49. The minimum absolute atomic E-state index is 0.425. The number of ether oxygens (including phenoxy) is 2. The number of carbonyl (C=O) groups excluding carboxylic acids is 1. The van der Waals surface area contributed by atoms with Crippen molar-refractivity contribution in [3.8, 4) is 0 Å². The molecule has 3 heteroatoms. The first kappa shape index (κ1) is 10.2. The van der Waals surface area contributed by atoms with E-state index >= 15 is 0 Å². The maximum Gasteiger partial charge on any atom is 0.332 e. The molecule has 0 bridgehead atoms. The Morgan fingerprint density at radius 3 is 2.73 bits per heavy atom. The van der Waals surface area contributed by atoms with E-state index in [1.54, 1.807) is 0 Å². The van der Waals surface area contributed by atoms with Gasteiger partial charge in [-0.25, -0.2) is 4.79 Å². The Kier molecular flexibility index (Phi) is 5.47. The average Bonchev–Trinajstić information content (AvgIpc) is 2.03. The molecule has 0 amide bonds. The zero-order valence-corrected chi connectivity index (χ0v) is 7.00. The van der Waals surface area contributed by atoms with E-state index < -0.39 is 12.3 Å². The molecule has 0 saturated carbocycles. The smallest absolute Gasteiger partial charge is 0.332 e. The number of methoxy groups -OCH3 is 1. The fourth-order valence-corrected chi connectivity index (χ4v) is 0.638. The Bertz CT molecular complexity index is 131. The Labute approximate surface area is 67.0 Å². The van der Waals surface area contributed by atoms with Crippen LogP contribution in [-0.2, 0) is 14.3 Å². The first-order valence-corrected chi connectivity index (χ1v) is 3.60. The van der Waals surface area contributed by atoms with Gasteiger partial charge in [-0.3, -0.25) is 0 Å². The highest BCUT2D eigenvalue weighted by atomic mass is 16.7. The topological polar surface area (TPSA) is 35.5 Å². The minimum atomic E-state index is -0.440. The van der Waals surface area contributed by atoms with Crippen LogP contribution in [-0.4, -0.2) is 19.4 Å². The van der Waals surface area contributed by atoms with E-state index in [4.69, 9.17) is 9.47 Å². The largest absolute Gasteiger partial charge is 0.433 e. The highest BCUT2D eigenvalue weighted by molar-refractivity contribution is 5.81. The van der Waals surface area contributed by atoms with Crippen molar-refractivity contribution >= 4 is 5.97 Å². The molecule has 0 N–H and O–H groups in total. The minimum Gasteiger partial charge on any atom is -0.433 e. The van der Waals surface area contributed by atoms with Crippen LogP contribution in [0.2, 0.25) is 0 Å². The third-order valence-electron chi connectivity index (χ3n) is 1.20. The standard InChI is InChI=1S/C8H14O3/c1-4-6-8(10-3)11-7(9)5-2/h5,8H,2,4,6H2,1,3H3. The van der Waals surface area contributed by atoms with Crippen LogP contribution in [0.25, 0.3) is 0 Å². The SMILES string of the molecule is C=CC(=O)OC(CCC)OC. The van der Waals surface area contributed by atoms with Crippen molar-refractivity contribution in [2.75, 3.05) is 7.11 Å². The lowest BCUT2D eigenvalue weighted by Gasteiger charge is -2.13. The molecule has 3 nitrogen and oxygen atoms in total. The highest BCUT2D eigenvalue weighted by Gasteiger charge is 2.08. The number of esters is 1. The molecule has 0 aromatic heterocycles. The summed E-state index contributed by atoms with van der Waals surface area (Å²) in [6.07, 6.45) is 2.34. The lowest BCUT2D eigenvalue weighted by Crippen LogP contribution is -2.18. The van der Waals surface area contributed by atoms with Crippen LogP contribution in [0, 0.1) is 0 Å². The van der Waals surface area contributed by atoms with Gasteiger partial charge in [-0.15, -0.1) is 0 Å². The zero-order chi connectivity index (χ0) is 8.69. The predicted molar refractivity (Wildman–Crippen MR) is 42.0 cm³/mol. The second-order valence-electron chi connectivity index (χ2n) is 2.09. The van der Waals surface area contributed by atoms with E-state index in [1.807, 2.05) is 6.92 Å². The molecule has 0 fully saturated rings. The fourth-order valence-electron chi connectivity index (χ4n) is 0.638. The van der Waals surface area contributed by atoms with Crippen molar-refractivity contribution in [2.24, 2.45) is 0 Å². The van der Waals surface area contributed by atoms with Crippen molar-refractivity contribution < 1.29 is 14.3 Å². The number of hydrogen-bond acceptors (Lipinski definition) is 3. The van der Waals surface area contributed by atoms with Gasteiger partial charge in [0.2, 0.25) is 6.29 Å². The van der Waals surface area contributed by atoms with Crippen LogP contribution in [0.3, 0.4) is 0 Å². The van der Waals surface area contributed by atoms with Gasteiger partial charge < -0.3 is 9.47 Å². The lowest BCUT2D eigenvalue weighted by molar-refractivity contribution is -0.168. The first-order chi connectivity index (χ1) is 5.24. The molecule has 0 aromatic carbocycles. The van der Waals surface area contributed by atoms with Gasteiger partial charge in [-0.2, -0.15) is 0 Å². The molecule has 0 heterocycles. The Hall–Kier alpha value is -0.830. The summed E-state index contributed by atoms with van der Waals surface area (Å²) in [5, 5.41) is 0. The van der Waals surface area contributed by atoms with Crippen LogP contribution < -0.4 is 0 Å². The molecule has 0 aliphatic carbocycles. The van der Waals surface area contributed by atoms with Gasteiger partial charge >= 0.3 is 5.97 Å². The molecular weight excluding hydrogens is 144 g/mol. The third-order valence-corrected chi connectivity index (χ3v) is 1.20. The van der Waals surface area contributed by atoms with Crippen molar-refractivity contribution in [3.05, 3.63) is 12.7 Å². The summed E-state index contributed by atoms with van der Waals surface area (Å²) in [7, 11) is 1.51. The Morgan fingerprint density at radius 2 is 2.36 bits per heavy atom. The highest BCUT2D eigenvalue weighted by Crippen LogP contribution is 2.02. The summed E-state index contributed by atoms with van der Waals surface area (Å²) in [6.45, 7) is 5.27. The van der Waals surface area contributed by atoms with Crippen LogP contribution >= 0.6 is 0 Å². The summed E-state index contributed by atoms with van der Waals surface area (Å²) in [5.41, 5.74) is 0. The molecule has 0 rings (SSSR count). The van der Waals surface area contributed by atoms with E-state index in [0.717, 1.165) is 18.9 Å². The van der Waals surface area contributed by atoms with Gasteiger partial charge in [0, 0.05) is 19.6 Å². The zero-order valence-electron chi connectivity index (χ0n) is 7.00. The normalized spacial score (nSPS) is 12.2. The first-order valence-electron chi connectivity index (χ1n) is 3.60.